The van der Waals surface area contributed by atoms with Crippen molar-refractivity contribution in [3.63, 3.8) is 0 Å². The zero-order chi connectivity index (χ0) is 25.5. The lowest BCUT2D eigenvalue weighted by molar-refractivity contribution is 0.566. The van der Waals surface area contributed by atoms with Crippen LogP contribution in [0.15, 0.2) is 160 Å². The number of rotatable bonds is 2. The topological polar surface area (TPSA) is 13.1 Å². The molecule has 0 aliphatic heterocycles. The van der Waals surface area contributed by atoms with Crippen molar-refractivity contribution in [1.82, 2.24) is 0 Å². The van der Waals surface area contributed by atoms with Crippen molar-refractivity contribution >= 4 is 38.3 Å². The molecule has 0 N–H and O–H groups in total. The Morgan fingerprint density at radius 1 is 0.513 bits per heavy atom. The summed E-state index contributed by atoms with van der Waals surface area (Å²) in [6.45, 7) is 0. The molecular weight excluding hydrogens is 472 g/mol. The fraction of sp³-hybridized carbons (Fsp3) is 0.0526. The van der Waals surface area contributed by atoms with Crippen LogP contribution < -0.4 is 0 Å². The van der Waals surface area contributed by atoms with Gasteiger partial charge in [0.1, 0.15) is 11.2 Å². The number of hydrogen-bond acceptors (Lipinski definition) is 1. The summed E-state index contributed by atoms with van der Waals surface area (Å²) in [5, 5.41) is 4.84. The second-order valence-electron chi connectivity index (χ2n) is 10.8. The highest BCUT2D eigenvalue weighted by Crippen LogP contribution is 2.52. The number of para-hydroxylation sites is 1. The van der Waals surface area contributed by atoms with E-state index in [1.54, 1.807) is 0 Å². The van der Waals surface area contributed by atoms with Gasteiger partial charge in [0.15, 0.2) is 0 Å². The van der Waals surface area contributed by atoms with Crippen molar-refractivity contribution in [3.05, 3.63) is 161 Å². The summed E-state index contributed by atoms with van der Waals surface area (Å²) in [7, 11) is 0. The summed E-state index contributed by atoms with van der Waals surface area (Å²) >= 11 is 0. The molecule has 4 aliphatic rings. The molecule has 0 amide bonds. The SMILES string of the molecule is C1=CC2=CC=C3C=CC(c4cccc5oc6c(-c7cccc8ccccc78)cccc6c45)=C4C=CC(=C1)C2C34. The van der Waals surface area contributed by atoms with Gasteiger partial charge in [0.05, 0.1) is 0 Å². The van der Waals surface area contributed by atoms with Crippen LogP contribution in [0.4, 0.5) is 0 Å². The lowest BCUT2D eigenvalue weighted by Gasteiger charge is -2.40. The van der Waals surface area contributed by atoms with E-state index in [1.807, 2.05) is 0 Å². The van der Waals surface area contributed by atoms with Crippen LogP contribution in [0.2, 0.25) is 0 Å². The van der Waals surface area contributed by atoms with E-state index in [9.17, 15) is 0 Å². The Kier molecular flexibility index (Phi) is 4.23. The van der Waals surface area contributed by atoms with Crippen molar-refractivity contribution < 1.29 is 4.42 Å². The molecule has 0 fully saturated rings. The smallest absolute Gasteiger partial charge is 0.143 e. The van der Waals surface area contributed by atoms with Gasteiger partial charge in [-0.05, 0) is 55.8 Å². The summed E-state index contributed by atoms with van der Waals surface area (Å²) in [5.41, 5.74) is 12.4. The fourth-order valence-corrected chi connectivity index (χ4v) is 7.19. The van der Waals surface area contributed by atoms with Gasteiger partial charge in [0.2, 0.25) is 0 Å². The predicted molar refractivity (Wildman–Crippen MR) is 162 cm³/mol. The minimum Gasteiger partial charge on any atom is -0.455 e. The third-order valence-electron chi connectivity index (χ3n) is 8.89. The van der Waals surface area contributed by atoms with E-state index in [-0.39, 0.29) is 0 Å². The van der Waals surface area contributed by atoms with Gasteiger partial charge >= 0.3 is 0 Å². The molecular formula is C38H24O. The van der Waals surface area contributed by atoms with E-state index >= 15 is 0 Å². The Balaban J connectivity index is 1.30. The predicted octanol–water partition coefficient (Wildman–Crippen LogP) is 9.89. The molecule has 2 atom stereocenters. The van der Waals surface area contributed by atoms with E-state index in [1.165, 1.54) is 60.5 Å². The second kappa shape index (κ2) is 7.82. The van der Waals surface area contributed by atoms with E-state index in [2.05, 4.69) is 134 Å². The summed E-state index contributed by atoms with van der Waals surface area (Å²) in [5.74, 6) is 0.749. The van der Waals surface area contributed by atoms with Crippen molar-refractivity contribution in [2.75, 3.05) is 0 Å². The molecule has 0 bridgehead atoms. The van der Waals surface area contributed by atoms with Crippen LogP contribution in [0.5, 0.6) is 0 Å². The van der Waals surface area contributed by atoms with Crippen LogP contribution in [0.1, 0.15) is 5.56 Å². The van der Waals surface area contributed by atoms with Gasteiger partial charge in [-0.3, -0.25) is 0 Å². The van der Waals surface area contributed by atoms with Crippen molar-refractivity contribution in [2.45, 2.75) is 0 Å². The first-order valence-electron chi connectivity index (χ1n) is 13.7. The van der Waals surface area contributed by atoms with Crippen molar-refractivity contribution in [3.8, 4) is 11.1 Å². The van der Waals surface area contributed by atoms with Crippen LogP contribution >= 0.6 is 0 Å². The monoisotopic (exact) mass is 496 g/mol. The maximum absolute atomic E-state index is 6.69. The Morgan fingerprint density at radius 2 is 1.23 bits per heavy atom. The Labute approximate surface area is 226 Å². The molecule has 0 saturated carbocycles. The third-order valence-corrected chi connectivity index (χ3v) is 8.89. The molecule has 4 aromatic carbocycles. The van der Waals surface area contributed by atoms with Crippen molar-refractivity contribution in [1.29, 1.82) is 0 Å². The van der Waals surface area contributed by atoms with Crippen molar-refractivity contribution in [2.24, 2.45) is 11.8 Å². The average molecular weight is 497 g/mol. The molecule has 1 aromatic heterocycles. The molecule has 0 saturated heterocycles. The van der Waals surface area contributed by atoms with Gasteiger partial charge in [-0.1, -0.05) is 127 Å². The molecule has 0 spiro atoms. The molecule has 182 valence electrons. The van der Waals surface area contributed by atoms with E-state index in [0.29, 0.717) is 11.8 Å². The van der Waals surface area contributed by atoms with Gasteiger partial charge < -0.3 is 4.42 Å². The Morgan fingerprint density at radius 3 is 2.21 bits per heavy atom. The van der Waals surface area contributed by atoms with Gasteiger partial charge in [-0.25, -0.2) is 0 Å². The largest absolute Gasteiger partial charge is 0.455 e. The lowest BCUT2D eigenvalue weighted by atomic mass is 9.63. The van der Waals surface area contributed by atoms with Crippen LogP contribution in [0.25, 0.3) is 49.4 Å². The summed E-state index contributed by atoms with van der Waals surface area (Å²) in [6.07, 6.45) is 20.6. The fourth-order valence-electron chi connectivity index (χ4n) is 7.19. The summed E-state index contributed by atoms with van der Waals surface area (Å²) < 4.78 is 6.69. The molecule has 2 unspecified atom stereocenters. The average Bonchev–Trinajstić information content (AvgIpc) is 3.39. The van der Waals surface area contributed by atoms with E-state index < -0.39 is 0 Å². The zero-order valence-corrected chi connectivity index (χ0v) is 21.3. The highest BCUT2D eigenvalue weighted by Gasteiger charge is 2.38. The Bertz CT molecular complexity index is 2110. The maximum atomic E-state index is 6.69. The normalized spacial score (nSPS) is 20.9. The standard InChI is InChI=1S/C38H24O/c1-2-11-27-23(7-1)8-4-12-28(27)32-14-5-15-33-37-30(13-6-16-34(37)39-38(32)33)29-21-19-26-18-17-24-9-3-10-25-20-22-31(29)36(26)35(24)25/h1-22,35-36H. The number of allylic oxidation sites excluding steroid dienone is 14. The van der Waals surface area contributed by atoms with Crippen LogP contribution in [-0.4, -0.2) is 0 Å². The highest BCUT2D eigenvalue weighted by atomic mass is 16.3. The zero-order valence-electron chi connectivity index (χ0n) is 21.3. The molecule has 0 radical (unpaired) electrons. The minimum absolute atomic E-state index is 0.353. The van der Waals surface area contributed by atoms with Gasteiger partial charge in [-0.15, -0.1) is 0 Å². The number of furan rings is 1. The van der Waals surface area contributed by atoms with Gasteiger partial charge in [0, 0.05) is 28.2 Å². The minimum atomic E-state index is 0.353. The summed E-state index contributed by atoms with van der Waals surface area (Å²) in [4.78, 5) is 0. The molecule has 9 rings (SSSR count). The molecule has 5 aromatic rings. The second-order valence-corrected chi connectivity index (χ2v) is 10.8. The van der Waals surface area contributed by atoms with Crippen LogP contribution in [-0.2, 0) is 0 Å². The molecule has 1 heteroatoms. The van der Waals surface area contributed by atoms with Gasteiger partial charge in [-0.2, -0.15) is 0 Å². The molecule has 39 heavy (non-hydrogen) atoms. The van der Waals surface area contributed by atoms with Crippen LogP contribution in [0.3, 0.4) is 0 Å². The number of benzene rings is 4. The van der Waals surface area contributed by atoms with E-state index in [4.69, 9.17) is 4.42 Å². The molecule has 1 nitrogen and oxygen atoms in total. The Hall–Kier alpha value is -4.88. The first-order valence-corrected chi connectivity index (χ1v) is 13.7. The number of fused-ring (bicyclic) bond motifs is 4. The highest BCUT2D eigenvalue weighted by molar-refractivity contribution is 6.16. The maximum Gasteiger partial charge on any atom is 0.143 e. The number of hydrogen-bond donors (Lipinski definition) is 0. The quantitative estimate of drug-likeness (QED) is 0.237. The molecule has 1 heterocycles. The molecule has 4 aliphatic carbocycles. The van der Waals surface area contributed by atoms with Gasteiger partial charge in [0.25, 0.3) is 0 Å². The first kappa shape index (κ1) is 21.1. The third kappa shape index (κ3) is 2.90. The van der Waals surface area contributed by atoms with E-state index in [0.717, 1.165) is 16.7 Å². The van der Waals surface area contributed by atoms with Crippen LogP contribution in [0, 0.1) is 11.8 Å². The summed E-state index contributed by atoms with van der Waals surface area (Å²) in [6, 6.07) is 28.2. The first-order chi connectivity index (χ1) is 19.3. The lowest BCUT2D eigenvalue weighted by Crippen LogP contribution is -2.29.